The van der Waals surface area contributed by atoms with Crippen LogP contribution in [0, 0.1) is 0 Å². The first kappa shape index (κ1) is 13.7. The maximum atomic E-state index is 12.1. The highest BCUT2D eigenvalue weighted by molar-refractivity contribution is 5.88. The maximum absolute atomic E-state index is 12.1. The van der Waals surface area contributed by atoms with Crippen molar-refractivity contribution < 1.29 is 9.90 Å². The Labute approximate surface area is 98.6 Å². The number of aliphatic hydroxyl groups excluding tert-OH is 1. The van der Waals surface area contributed by atoms with E-state index >= 15 is 0 Å². The molecule has 0 spiro atoms. The molecule has 0 unspecified atom stereocenters. The first-order valence-electron chi connectivity index (χ1n) is 6.30. The van der Waals surface area contributed by atoms with Crippen LogP contribution in [0.4, 0.5) is 0 Å². The molecule has 0 aromatic carbocycles. The molecule has 1 aliphatic rings. The molecule has 94 valence electrons. The topological polar surface area (TPSA) is 49.3 Å². The minimum Gasteiger partial charge on any atom is -0.393 e. The molecule has 0 saturated heterocycles. The highest BCUT2D eigenvalue weighted by atomic mass is 16.3. The third-order valence-electron chi connectivity index (χ3n) is 3.28. The van der Waals surface area contributed by atoms with Crippen molar-refractivity contribution in [3.8, 4) is 0 Å². The van der Waals surface area contributed by atoms with Gasteiger partial charge in [-0.1, -0.05) is 6.92 Å². The smallest absolute Gasteiger partial charge is 0.152 e. The fourth-order valence-electron chi connectivity index (χ4n) is 2.63. The minimum absolute atomic E-state index is 0.0624. The number of rotatable bonds is 3. The van der Waals surface area contributed by atoms with E-state index in [1.165, 1.54) is 0 Å². The third-order valence-corrected chi connectivity index (χ3v) is 3.28. The van der Waals surface area contributed by atoms with Gasteiger partial charge in [-0.15, -0.1) is 0 Å². The molecule has 2 N–H and O–H groups in total. The van der Waals surface area contributed by atoms with Gasteiger partial charge in [-0.05, 0) is 46.5 Å². The van der Waals surface area contributed by atoms with E-state index in [1.807, 2.05) is 6.92 Å². The zero-order valence-corrected chi connectivity index (χ0v) is 11.0. The largest absolute Gasteiger partial charge is 0.393 e. The molecule has 16 heavy (non-hydrogen) atoms. The molecular formula is C13H25NO2. The average molecular weight is 227 g/mol. The molecule has 3 nitrogen and oxygen atoms in total. The van der Waals surface area contributed by atoms with Crippen molar-refractivity contribution in [3.63, 3.8) is 0 Å². The fraction of sp³-hybridized carbons (Fsp3) is 0.923. The number of aliphatic hydroxyl groups is 1. The molecule has 0 heterocycles. The van der Waals surface area contributed by atoms with Crippen LogP contribution in [0.1, 0.15) is 59.8 Å². The molecule has 0 amide bonds. The van der Waals surface area contributed by atoms with Crippen molar-refractivity contribution >= 4 is 5.78 Å². The standard InChI is InChI=1S/C13H25NO2/c1-5-11(16)13(14-12(2,3)4)8-6-10(15)7-9-13/h10,14-15H,5-9H2,1-4H3. The number of Topliss-reactive ketones (excluding diaryl/α,β-unsaturated/α-hetero) is 1. The van der Waals surface area contributed by atoms with Crippen molar-refractivity contribution in [1.82, 2.24) is 5.32 Å². The summed E-state index contributed by atoms with van der Waals surface area (Å²) in [6.45, 7) is 8.17. The van der Waals surface area contributed by atoms with Crippen molar-refractivity contribution in [1.29, 1.82) is 0 Å². The summed E-state index contributed by atoms with van der Waals surface area (Å²) in [5.41, 5.74) is -0.459. The second-order valence-electron chi connectivity index (χ2n) is 5.97. The van der Waals surface area contributed by atoms with E-state index in [0.29, 0.717) is 6.42 Å². The zero-order chi connectivity index (χ0) is 12.4. The van der Waals surface area contributed by atoms with E-state index in [9.17, 15) is 9.90 Å². The summed E-state index contributed by atoms with van der Waals surface area (Å²) in [5.74, 6) is 0.286. The molecule has 0 aromatic rings. The van der Waals surface area contributed by atoms with Crippen LogP contribution >= 0.6 is 0 Å². The summed E-state index contributed by atoms with van der Waals surface area (Å²) in [4.78, 5) is 12.1. The van der Waals surface area contributed by atoms with Crippen LogP contribution < -0.4 is 5.32 Å². The van der Waals surface area contributed by atoms with Gasteiger partial charge in [-0.2, -0.15) is 0 Å². The summed E-state index contributed by atoms with van der Waals surface area (Å²) < 4.78 is 0. The van der Waals surface area contributed by atoms with Crippen molar-refractivity contribution in [2.24, 2.45) is 0 Å². The molecule has 0 atom stereocenters. The van der Waals surface area contributed by atoms with Gasteiger partial charge in [0.1, 0.15) is 0 Å². The molecule has 0 aromatic heterocycles. The molecule has 1 aliphatic carbocycles. The first-order chi connectivity index (χ1) is 7.29. The maximum Gasteiger partial charge on any atom is 0.152 e. The van der Waals surface area contributed by atoms with Gasteiger partial charge in [-0.25, -0.2) is 0 Å². The van der Waals surface area contributed by atoms with E-state index in [1.54, 1.807) is 0 Å². The van der Waals surface area contributed by atoms with Gasteiger partial charge in [0.25, 0.3) is 0 Å². The van der Waals surface area contributed by atoms with Crippen LogP contribution in [-0.4, -0.2) is 28.1 Å². The molecular weight excluding hydrogens is 202 g/mol. The van der Waals surface area contributed by atoms with Gasteiger partial charge in [0.15, 0.2) is 5.78 Å². The predicted molar refractivity (Wildman–Crippen MR) is 65.4 cm³/mol. The number of nitrogens with one attached hydrogen (secondary N) is 1. The second kappa shape index (κ2) is 4.84. The highest BCUT2D eigenvalue weighted by Gasteiger charge is 2.42. The Morgan fingerprint density at radius 3 is 2.25 bits per heavy atom. The minimum atomic E-state index is -0.397. The van der Waals surface area contributed by atoms with E-state index in [-0.39, 0.29) is 17.4 Å². The van der Waals surface area contributed by atoms with Crippen molar-refractivity contribution in [2.75, 3.05) is 0 Å². The third kappa shape index (κ3) is 3.29. The van der Waals surface area contributed by atoms with Crippen molar-refractivity contribution in [2.45, 2.75) is 77.0 Å². The molecule has 1 fully saturated rings. The summed E-state index contributed by atoms with van der Waals surface area (Å²) in [7, 11) is 0. The van der Waals surface area contributed by atoms with Crippen LogP contribution in [0.15, 0.2) is 0 Å². The monoisotopic (exact) mass is 227 g/mol. The second-order valence-corrected chi connectivity index (χ2v) is 5.97. The molecule has 1 rings (SSSR count). The summed E-state index contributed by atoms with van der Waals surface area (Å²) in [5, 5.41) is 13.0. The van der Waals surface area contributed by atoms with Crippen LogP contribution in [0.25, 0.3) is 0 Å². The van der Waals surface area contributed by atoms with Crippen molar-refractivity contribution in [3.05, 3.63) is 0 Å². The Morgan fingerprint density at radius 2 is 1.88 bits per heavy atom. The Hall–Kier alpha value is -0.410. The van der Waals surface area contributed by atoms with Gasteiger partial charge in [0.2, 0.25) is 0 Å². The summed E-state index contributed by atoms with van der Waals surface area (Å²) >= 11 is 0. The molecule has 0 bridgehead atoms. The fourth-order valence-corrected chi connectivity index (χ4v) is 2.63. The summed E-state index contributed by atoms with van der Waals surface area (Å²) in [6, 6.07) is 0. The molecule has 1 saturated carbocycles. The lowest BCUT2D eigenvalue weighted by Crippen LogP contribution is -2.60. The zero-order valence-electron chi connectivity index (χ0n) is 11.0. The molecule has 0 radical (unpaired) electrons. The quantitative estimate of drug-likeness (QED) is 0.775. The number of hydrogen-bond donors (Lipinski definition) is 2. The normalized spacial score (nSPS) is 31.4. The number of ketones is 1. The van der Waals surface area contributed by atoms with E-state index < -0.39 is 5.54 Å². The van der Waals surface area contributed by atoms with Gasteiger partial charge < -0.3 is 10.4 Å². The van der Waals surface area contributed by atoms with E-state index in [0.717, 1.165) is 25.7 Å². The average Bonchev–Trinajstić information content (AvgIpc) is 2.18. The Kier molecular flexibility index (Phi) is 4.13. The van der Waals surface area contributed by atoms with Gasteiger partial charge in [0.05, 0.1) is 11.6 Å². The highest BCUT2D eigenvalue weighted by Crippen LogP contribution is 2.32. The van der Waals surface area contributed by atoms with Gasteiger partial charge >= 0.3 is 0 Å². The lowest BCUT2D eigenvalue weighted by atomic mass is 9.75. The number of hydrogen-bond acceptors (Lipinski definition) is 3. The number of carbonyl (C=O) groups excluding carboxylic acids is 1. The lowest BCUT2D eigenvalue weighted by molar-refractivity contribution is -0.128. The van der Waals surface area contributed by atoms with Crippen LogP contribution in [-0.2, 0) is 4.79 Å². The first-order valence-corrected chi connectivity index (χ1v) is 6.30. The molecule has 3 heteroatoms. The molecule has 0 aliphatic heterocycles. The van der Waals surface area contributed by atoms with Crippen LogP contribution in [0.3, 0.4) is 0 Å². The van der Waals surface area contributed by atoms with Gasteiger partial charge in [0, 0.05) is 12.0 Å². The lowest BCUT2D eigenvalue weighted by Gasteiger charge is -2.43. The van der Waals surface area contributed by atoms with Crippen LogP contribution in [0.2, 0.25) is 0 Å². The Bertz CT molecular complexity index is 247. The van der Waals surface area contributed by atoms with Gasteiger partial charge in [-0.3, -0.25) is 4.79 Å². The summed E-state index contributed by atoms with van der Waals surface area (Å²) in [6.07, 6.45) is 3.33. The SMILES string of the molecule is CCC(=O)C1(NC(C)(C)C)CCC(O)CC1. The van der Waals surface area contributed by atoms with Crippen LogP contribution in [0.5, 0.6) is 0 Å². The number of carbonyl (C=O) groups is 1. The van der Waals surface area contributed by atoms with E-state index in [2.05, 4.69) is 26.1 Å². The van der Waals surface area contributed by atoms with E-state index in [4.69, 9.17) is 0 Å². The Balaban J connectivity index is 2.81. The predicted octanol–water partition coefficient (Wildman–Crippen LogP) is 2.03. The Morgan fingerprint density at radius 1 is 1.38 bits per heavy atom.